The molecule has 0 spiro atoms. The van der Waals surface area contributed by atoms with Gasteiger partial charge in [0.1, 0.15) is 5.65 Å². The van der Waals surface area contributed by atoms with E-state index >= 15 is 0 Å². The van der Waals surface area contributed by atoms with Crippen LogP contribution in [0.1, 0.15) is 19.3 Å². The van der Waals surface area contributed by atoms with Crippen LogP contribution in [0.4, 0.5) is 15.0 Å². The number of methoxy groups -OCH3 is 1. The molecule has 0 saturated carbocycles. The number of ether oxygens (including phenoxy) is 1. The minimum Gasteiger partial charge on any atom is -0.453 e. The van der Waals surface area contributed by atoms with Crippen molar-refractivity contribution in [3.05, 3.63) is 35.5 Å². The number of H-pyrrole nitrogens is 1. The molecule has 29 heavy (non-hydrogen) atoms. The van der Waals surface area contributed by atoms with Gasteiger partial charge in [0.2, 0.25) is 0 Å². The van der Waals surface area contributed by atoms with Crippen LogP contribution < -0.4 is 5.32 Å². The van der Waals surface area contributed by atoms with E-state index in [-0.39, 0.29) is 18.0 Å². The van der Waals surface area contributed by atoms with E-state index in [4.69, 9.17) is 16.3 Å². The van der Waals surface area contributed by atoms with Crippen molar-refractivity contribution in [2.75, 3.05) is 25.5 Å². The zero-order valence-electron chi connectivity index (χ0n) is 15.8. The number of hydrogen-bond acceptors (Lipinski definition) is 6. The van der Waals surface area contributed by atoms with Gasteiger partial charge < -0.3 is 19.9 Å². The smallest absolute Gasteiger partial charge is 0.409 e. The number of likely N-dealkylation sites (tertiary alicyclic amines) is 1. The second kappa shape index (κ2) is 8.20. The fraction of sp³-hybridized carbons (Fsp3) is 0.368. The van der Waals surface area contributed by atoms with Gasteiger partial charge in [-0.25, -0.2) is 24.1 Å². The minimum atomic E-state index is -0.565. The van der Waals surface area contributed by atoms with Crippen molar-refractivity contribution in [3.8, 4) is 11.4 Å². The van der Waals surface area contributed by atoms with Crippen LogP contribution in [0.5, 0.6) is 0 Å². The number of nitrogens with one attached hydrogen (secondary N) is 2. The zero-order valence-corrected chi connectivity index (χ0v) is 16.5. The number of aromatic nitrogens is 4. The topological polar surface area (TPSA) is 96.0 Å². The van der Waals surface area contributed by atoms with Gasteiger partial charge in [0.15, 0.2) is 17.5 Å². The van der Waals surface area contributed by atoms with Gasteiger partial charge in [-0.3, -0.25) is 0 Å². The number of carbonyl (C=O) groups excluding carboxylic acids is 1. The Morgan fingerprint density at radius 1 is 1.41 bits per heavy atom. The molecule has 4 rings (SSSR count). The number of fused-ring (bicyclic) bond motifs is 1. The highest BCUT2D eigenvalue weighted by Gasteiger charge is 2.27. The van der Waals surface area contributed by atoms with E-state index in [0.717, 1.165) is 30.8 Å². The van der Waals surface area contributed by atoms with E-state index < -0.39 is 5.82 Å². The number of aromatic amines is 1. The van der Waals surface area contributed by atoms with E-state index in [0.29, 0.717) is 35.1 Å². The third-order valence-electron chi connectivity index (χ3n) is 5.02. The largest absolute Gasteiger partial charge is 0.453 e. The third kappa shape index (κ3) is 3.95. The van der Waals surface area contributed by atoms with Crippen molar-refractivity contribution in [2.24, 2.45) is 0 Å². The standard InChI is InChI=1S/C19H20ClFN6O2/c1-29-19(28)27-5-3-2-4-12(27)8-23-18-15(21)10-25-17(26-18)14-9-24-16-13(14)6-11(20)7-22-16/h6-7,9-10,12H,2-5,8H2,1H3,(H,22,24)(H,23,25,26)/t12-/m0/s1. The number of piperidine rings is 1. The first kappa shape index (κ1) is 19.4. The van der Waals surface area contributed by atoms with E-state index in [1.54, 1.807) is 23.4 Å². The molecule has 3 aromatic heterocycles. The molecule has 0 aliphatic carbocycles. The average molecular weight is 419 g/mol. The number of rotatable bonds is 4. The lowest BCUT2D eigenvalue weighted by atomic mass is 10.0. The maximum absolute atomic E-state index is 14.3. The summed E-state index contributed by atoms with van der Waals surface area (Å²) in [7, 11) is 1.36. The molecule has 0 unspecified atom stereocenters. The van der Waals surface area contributed by atoms with Crippen LogP contribution >= 0.6 is 11.6 Å². The summed E-state index contributed by atoms with van der Waals surface area (Å²) in [5, 5.41) is 4.26. The summed E-state index contributed by atoms with van der Waals surface area (Å²) in [5.41, 5.74) is 1.31. The molecule has 3 aromatic rings. The molecule has 0 bridgehead atoms. The van der Waals surface area contributed by atoms with Crippen molar-refractivity contribution in [3.63, 3.8) is 0 Å². The number of amides is 1. The molecule has 1 atom stereocenters. The number of pyridine rings is 1. The molecule has 0 radical (unpaired) electrons. The molecule has 1 aliphatic heterocycles. The molecule has 152 valence electrons. The monoisotopic (exact) mass is 418 g/mol. The molecule has 1 amide bonds. The highest BCUT2D eigenvalue weighted by Crippen LogP contribution is 2.28. The molecule has 1 saturated heterocycles. The maximum Gasteiger partial charge on any atom is 0.409 e. The van der Waals surface area contributed by atoms with Gasteiger partial charge in [-0.2, -0.15) is 0 Å². The van der Waals surface area contributed by atoms with Gasteiger partial charge in [-0.15, -0.1) is 0 Å². The van der Waals surface area contributed by atoms with E-state index in [1.165, 1.54) is 7.11 Å². The summed E-state index contributed by atoms with van der Waals surface area (Å²) in [4.78, 5) is 29.4. The van der Waals surface area contributed by atoms with E-state index in [2.05, 4.69) is 25.3 Å². The second-order valence-electron chi connectivity index (χ2n) is 6.84. The molecule has 8 nitrogen and oxygen atoms in total. The lowest BCUT2D eigenvalue weighted by Crippen LogP contribution is -2.47. The van der Waals surface area contributed by atoms with Crippen LogP contribution in [0.3, 0.4) is 0 Å². The van der Waals surface area contributed by atoms with E-state index in [1.807, 2.05) is 0 Å². The van der Waals surface area contributed by atoms with Crippen LogP contribution in [-0.4, -0.2) is 57.2 Å². The molecule has 0 aromatic carbocycles. The molecule has 1 fully saturated rings. The van der Waals surface area contributed by atoms with Crippen LogP contribution in [-0.2, 0) is 4.74 Å². The molecule has 2 N–H and O–H groups in total. The zero-order chi connectivity index (χ0) is 20.4. The maximum atomic E-state index is 14.3. The summed E-state index contributed by atoms with van der Waals surface area (Å²) in [6, 6.07) is 1.66. The van der Waals surface area contributed by atoms with Crippen molar-refractivity contribution in [1.29, 1.82) is 0 Å². The highest BCUT2D eigenvalue weighted by atomic mass is 35.5. The normalized spacial score (nSPS) is 16.8. The van der Waals surface area contributed by atoms with Gasteiger partial charge in [0.05, 0.1) is 24.4 Å². The van der Waals surface area contributed by atoms with Gasteiger partial charge in [0, 0.05) is 36.4 Å². The summed E-state index contributed by atoms with van der Waals surface area (Å²) in [5.74, 6) is -0.141. The Labute approximate surface area is 171 Å². The minimum absolute atomic E-state index is 0.0785. The Bertz CT molecular complexity index is 1040. The summed E-state index contributed by atoms with van der Waals surface area (Å²) < 4.78 is 19.2. The van der Waals surface area contributed by atoms with Crippen molar-refractivity contribution >= 4 is 34.5 Å². The number of anilines is 1. The molecule has 4 heterocycles. The Kier molecular flexibility index (Phi) is 5.48. The fourth-order valence-corrected chi connectivity index (χ4v) is 3.73. The predicted octanol–water partition coefficient (Wildman–Crippen LogP) is 3.85. The molecular weight excluding hydrogens is 399 g/mol. The highest BCUT2D eigenvalue weighted by molar-refractivity contribution is 6.31. The lowest BCUT2D eigenvalue weighted by Gasteiger charge is -2.34. The summed E-state index contributed by atoms with van der Waals surface area (Å²) >= 11 is 6.05. The van der Waals surface area contributed by atoms with Crippen LogP contribution in [0.25, 0.3) is 22.4 Å². The Morgan fingerprint density at radius 2 is 2.28 bits per heavy atom. The first-order chi connectivity index (χ1) is 14.1. The van der Waals surface area contributed by atoms with E-state index in [9.17, 15) is 9.18 Å². The third-order valence-corrected chi connectivity index (χ3v) is 5.23. The van der Waals surface area contributed by atoms with Gasteiger partial charge >= 0.3 is 6.09 Å². The summed E-state index contributed by atoms with van der Waals surface area (Å²) in [6.07, 6.45) is 6.75. The van der Waals surface area contributed by atoms with Crippen LogP contribution in [0.15, 0.2) is 24.7 Å². The first-order valence-electron chi connectivity index (χ1n) is 9.31. The second-order valence-corrected chi connectivity index (χ2v) is 7.27. The Balaban J connectivity index is 1.57. The fourth-order valence-electron chi connectivity index (χ4n) is 3.57. The quantitative estimate of drug-likeness (QED) is 0.668. The molecular formula is C19H20ClFN6O2. The number of carbonyl (C=O) groups is 1. The SMILES string of the molecule is COC(=O)N1CCCC[C@H]1CNc1nc(-c2c[nH]c3ncc(Cl)cc23)ncc1F. The summed E-state index contributed by atoms with van der Waals surface area (Å²) in [6.45, 7) is 0.989. The Hall–Kier alpha value is -2.94. The van der Waals surface area contributed by atoms with Crippen LogP contribution in [0.2, 0.25) is 5.02 Å². The number of hydrogen-bond donors (Lipinski definition) is 2. The van der Waals surface area contributed by atoms with Crippen molar-refractivity contribution < 1.29 is 13.9 Å². The van der Waals surface area contributed by atoms with Crippen molar-refractivity contribution in [1.82, 2.24) is 24.8 Å². The van der Waals surface area contributed by atoms with Gasteiger partial charge in [0.25, 0.3) is 0 Å². The van der Waals surface area contributed by atoms with Gasteiger partial charge in [-0.1, -0.05) is 11.6 Å². The van der Waals surface area contributed by atoms with Gasteiger partial charge in [-0.05, 0) is 25.3 Å². The first-order valence-corrected chi connectivity index (χ1v) is 9.68. The van der Waals surface area contributed by atoms with Crippen LogP contribution in [0, 0.1) is 5.82 Å². The van der Waals surface area contributed by atoms with Crippen molar-refractivity contribution in [2.45, 2.75) is 25.3 Å². The number of halogens is 2. The lowest BCUT2D eigenvalue weighted by molar-refractivity contribution is 0.0928. The number of nitrogens with zero attached hydrogens (tertiary/aromatic N) is 4. The Morgan fingerprint density at radius 3 is 3.10 bits per heavy atom. The molecule has 10 heteroatoms. The molecule has 1 aliphatic rings. The predicted molar refractivity (Wildman–Crippen MR) is 107 cm³/mol. The average Bonchev–Trinajstić information content (AvgIpc) is 3.16.